The van der Waals surface area contributed by atoms with Crippen LogP contribution in [0.2, 0.25) is 0 Å². The lowest BCUT2D eigenvalue weighted by Gasteiger charge is -2.38. The van der Waals surface area contributed by atoms with Gasteiger partial charge in [-0.1, -0.05) is 23.5 Å². The highest BCUT2D eigenvalue weighted by Gasteiger charge is 2.27. The first-order valence-corrected chi connectivity index (χ1v) is 9.53. The minimum atomic E-state index is -0.295. The number of rotatable bonds is 3. The number of nitrogens with zero attached hydrogens (tertiary/aromatic N) is 3. The molecule has 1 aliphatic rings. The first-order valence-electron chi connectivity index (χ1n) is 8.71. The van der Waals surface area contributed by atoms with Crippen LogP contribution < -0.4 is 15.5 Å². The molecule has 3 rings (SSSR count). The van der Waals surface area contributed by atoms with Crippen LogP contribution in [0.1, 0.15) is 44.2 Å². The fraction of sp³-hybridized carbons (Fsp3) is 0.500. The van der Waals surface area contributed by atoms with Crippen LogP contribution in [0.3, 0.4) is 0 Å². The number of urea groups is 1. The van der Waals surface area contributed by atoms with Gasteiger partial charge in [0.25, 0.3) is 0 Å². The van der Waals surface area contributed by atoms with E-state index in [1.165, 1.54) is 30.6 Å². The summed E-state index contributed by atoms with van der Waals surface area (Å²) < 4.78 is 0. The van der Waals surface area contributed by atoms with Crippen LogP contribution >= 0.6 is 11.3 Å². The van der Waals surface area contributed by atoms with Crippen molar-refractivity contribution in [3.05, 3.63) is 29.3 Å². The van der Waals surface area contributed by atoms with E-state index in [9.17, 15) is 4.79 Å². The molecule has 0 saturated carbocycles. The molecule has 7 heteroatoms. The Morgan fingerprint density at radius 2 is 1.88 bits per heavy atom. The van der Waals surface area contributed by atoms with Gasteiger partial charge in [-0.05, 0) is 64.2 Å². The Hall–Kier alpha value is -2.15. The van der Waals surface area contributed by atoms with Crippen molar-refractivity contribution in [2.24, 2.45) is 0 Å². The fourth-order valence-electron chi connectivity index (χ4n) is 3.29. The Morgan fingerprint density at radius 1 is 1.16 bits per heavy atom. The van der Waals surface area contributed by atoms with E-state index in [1.54, 1.807) is 0 Å². The molecule has 2 N–H and O–H groups in total. The van der Waals surface area contributed by atoms with E-state index >= 15 is 0 Å². The molecule has 1 aromatic carbocycles. The Balaban J connectivity index is 1.66. The summed E-state index contributed by atoms with van der Waals surface area (Å²) in [6, 6.07) is 6.58. The number of benzene rings is 1. The largest absolute Gasteiger partial charge is 0.341 e. The van der Waals surface area contributed by atoms with Gasteiger partial charge in [0.2, 0.25) is 10.3 Å². The van der Waals surface area contributed by atoms with E-state index in [0.29, 0.717) is 17.2 Å². The second-order valence-corrected chi connectivity index (χ2v) is 7.78. The summed E-state index contributed by atoms with van der Waals surface area (Å²) in [7, 11) is 0. The maximum Gasteiger partial charge on any atom is 0.325 e. The third kappa shape index (κ3) is 4.10. The van der Waals surface area contributed by atoms with Crippen LogP contribution in [0.5, 0.6) is 0 Å². The molecule has 1 saturated heterocycles. The van der Waals surface area contributed by atoms with Gasteiger partial charge in [0.05, 0.1) is 0 Å². The first-order chi connectivity index (χ1) is 11.9. The summed E-state index contributed by atoms with van der Waals surface area (Å²) >= 11 is 1.42. The molecule has 1 fully saturated rings. The average Bonchev–Trinajstić information content (AvgIpc) is 2.98. The molecule has 2 heterocycles. The van der Waals surface area contributed by atoms with Crippen LogP contribution in [0.25, 0.3) is 0 Å². The monoisotopic (exact) mass is 359 g/mol. The van der Waals surface area contributed by atoms with Crippen LogP contribution in [0.15, 0.2) is 18.2 Å². The number of amides is 2. The summed E-state index contributed by atoms with van der Waals surface area (Å²) in [5.41, 5.74) is 2.93. The summed E-state index contributed by atoms with van der Waals surface area (Å²) in [4.78, 5) is 14.6. The van der Waals surface area contributed by atoms with E-state index in [0.717, 1.165) is 21.9 Å². The lowest BCUT2D eigenvalue weighted by Crippen LogP contribution is -2.43. The van der Waals surface area contributed by atoms with Gasteiger partial charge in [0.1, 0.15) is 0 Å². The quantitative estimate of drug-likeness (QED) is 0.842. The van der Waals surface area contributed by atoms with E-state index in [2.05, 4.69) is 39.6 Å². The highest BCUT2D eigenvalue weighted by atomic mass is 32.1. The Labute approximate surface area is 152 Å². The third-order valence-corrected chi connectivity index (χ3v) is 5.54. The second kappa shape index (κ2) is 7.39. The topological polar surface area (TPSA) is 70.1 Å². The van der Waals surface area contributed by atoms with E-state index in [4.69, 9.17) is 0 Å². The predicted molar refractivity (Wildman–Crippen MR) is 104 cm³/mol. The van der Waals surface area contributed by atoms with Crippen molar-refractivity contribution >= 4 is 33.3 Å². The molecule has 134 valence electrons. The van der Waals surface area contributed by atoms with Gasteiger partial charge in [-0.25, -0.2) is 4.79 Å². The SMILES string of the molecule is Cc1ccc(C)c(NC(=O)Nc2nnc(N3[C@H](C)CCC[C@@H]3C)s2)c1. The Bertz CT molecular complexity index is 750. The van der Waals surface area contributed by atoms with Gasteiger partial charge in [0, 0.05) is 17.8 Å². The van der Waals surface area contributed by atoms with Gasteiger partial charge in [-0.15, -0.1) is 10.2 Å². The molecule has 2 amide bonds. The lowest BCUT2D eigenvalue weighted by atomic mass is 9.98. The number of piperidine rings is 1. The number of aryl methyl sites for hydroxylation is 2. The number of carbonyl (C=O) groups excluding carboxylic acids is 1. The molecule has 0 unspecified atom stereocenters. The lowest BCUT2D eigenvalue weighted by molar-refractivity contribution is 0.262. The van der Waals surface area contributed by atoms with Gasteiger partial charge in [-0.2, -0.15) is 0 Å². The maximum atomic E-state index is 12.3. The average molecular weight is 359 g/mol. The zero-order chi connectivity index (χ0) is 18.0. The van der Waals surface area contributed by atoms with E-state index in [1.807, 2.05) is 32.0 Å². The van der Waals surface area contributed by atoms with Gasteiger partial charge >= 0.3 is 6.03 Å². The van der Waals surface area contributed by atoms with Crippen molar-refractivity contribution < 1.29 is 4.79 Å². The number of hydrogen-bond donors (Lipinski definition) is 2. The van der Waals surface area contributed by atoms with Gasteiger partial charge in [-0.3, -0.25) is 5.32 Å². The molecule has 1 aromatic heterocycles. The third-order valence-electron chi connectivity index (χ3n) is 4.69. The smallest absolute Gasteiger partial charge is 0.325 e. The number of hydrogen-bond acceptors (Lipinski definition) is 5. The van der Waals surface area contributed by atoms with Crippen LogP contribution in [-0.2, 0) is 0 Å². The second-order valence-electron chi connectivity index (χ2n) is 6.82. The highest BCUT2D eigenvalue weighted by Crippen LogP contribution is 2.32. The zero-order valence-corrected chi connectivity index (χ0v) is 16.0. The molecule has 0 bridgehead atoms. The van der Waals surface area contributed by atoms with Crippen molar-refractivity contribution in [3.63, 3.8) is 0 Å². The highest BCUT2D eigenvalue weighted by molar-refractivity contribution is 7.19. The minimum absolute atomic E-state index is 0.295. The molecule has 1 aliphatic heterocycles. The number of carbonyl (C=O) groups is 1. The molecule has 25 heavy (non-hydrogen) atoms. The van der Waals surface area contributed by atoms with E-state index in [-0.39, 0.29) is 6.03 Å². The minimum Gasteiger partial charge on any atom is -0.341 e. The van der Waals surface area contributed by atoms with Gasteiger partial charge in [0.15, 0.2) is 0 Å². The molecule has 6 nitrogen and oxygen atoms in total. The van der Waals surface area contributed by atoms with Crippen LogP contribution in [-0.4, -0.2) is 28.3 Å². The predicted octanol–water partition coefficient (Wildman–Crippen LogP) is 4.57. The van der Waals surface area contributed by atoms with Crippen molar-refractivity contribution in [2.45, 2.75) is 59.0 Å². The number of aromatic nitrogens is 2. The van der Waals surface area contributed by atoms with Crippen LogP contribution in [0.4, 0.5) is 20.7 Å². The standard InChI is InChI=1S/C18H25N5OS/c1-11-8-9-12(2)15(10-11)19-16(24)20-17-21-22-18(25-17)23-13(3)6-5-7-14(23)4/h8-10,13-14H,5-7H2,1-4H3,(H2,19,20,21,24)/t13-,14+. The Morgan fingerprint density at radius 3 is 2.60 bits per heavy atom. The summed E-state index contributed by atoms with van der Waals surface area (Å²) in [6.45, 7) is 8.41. The maximum absolute atomic E-state index is 12.3. The van der Waals surface area contributed by atoms with E-state index < -0.39 is 0 Å². The molecule has 0 aliphatic carbocycles. The van der Waals surface area contributed by atoms with Crippen molar-refractivity contribution in [1.82, 2.24) is 10.2 Å². The number of nitrogens with one attached hydrogen (secondary N) is 2. The van der Waals surface area contributed by atoms with Crippen molar-refractivity contribution in [3.8, 4) is 0 Å². The molecule has 0 spiro atoms. The molecular formula is C18H25N5OS. The summed E-state index contributed by atoms with van der Waals surface area (Å²) in [6.07, 6.45) is 3.58. The Kier molecular flexibility index (Phi) is 5.22. The normalized spacial score (nSPS) is 20.4. The molecule has 2 atom stereocenters. The summed E-state index contributed by atoms with van der Waals surface area (Å²) in [5, 5.41) is 15.5. The van der Waals surface area contributed by atoms with Crippen molar-refractivity contribution in [1.29, 1.82) is 0 Å². The summed E-state index contributed by atoms with van der Waals surface area (Å²) in [5.74, 6) is 0. The fourth-order valence-corrected chi connectivity index (χ4v) is 4.24. The number of anilines is 3. The molecule has 0 radical (unpaired) electrons. The van der Waals surface area contributed by atoms with Crippen LogP contribution in [0, 0.1) is 13.8 Å². The first kappa shape index (κ1) is 17.7. The zero-order valence-electron chi connectivity index (χ0n) is 15.2. The van der Waals surface area contributed by atoms with Gasteiger partial charge < -0.3 is 10.2 Å². The molecular weight excluding hydrogens is 334 g/mol. The molecule has 2 aromatic rings. The van der Waals surface area contributed by atoms with Crippen molar-refractivity contribution in [2.75, 3.05) is 15.5 Å².